The number of Topliss-reactive ketones (excluding diaryl/α,β-unsaturated/α-hetero) is 2. The summed E-state index contributed by atoms with van der Waals surface area (Å²) in [6.07, 6.45) is 6.38. The molecule has 4 aliphatic rings. The van der Waals surface area contributed by atoms with E-state index in [-0.39, 0.29) is 10.8 Å². The standard InChI is InChI=1S/C14H20O2/c1-9(15)13-4-11-3-12(5-13)7-14(6-11,8-13)10(2)16/h11-12H,3-8H2,1-2H3. The van der Waals surface area contributed by atoms with E-state index in [1.807, 2.05) is 0 Å². The normalized spacial score (nSPS) is 49.4. The minimum absolute atomic E-state index is 0.115. The molecule has 4 saturated carbocycles. The first kappa shape index (κ1) is 10.5. The third-order valence-corrected chi connectivity index (χ3v) is 5.55. The summed E-state index contributed by atoms with van der Waals surface area (Å²) in [4.78, 5) is 23.9. The Kier molecular flexibility index (Phi) is 1.94. The maximum absolute atomic E-state index is 12.0. The largest absolute Gasteiger partial charge is 0.299 e. The lowest BCUT2D eigenvalue weighted by atomic mass is 9.42. The third-order valence-electron chi connectivity index (χ3n) is 5.55. The van der Waals surface area contributed by atoms with E-state index in [1.165, 1.54) is 6.42 Å². The van der Waals surface area contributed by atoms with E-state index in [1.54, 1.807) is 13.8 Å². The molecule has 0 atom stereocenters. The van der Waals surface area contributed by atoms with E-state index in [2.05, 4.69) is 0 Å². The van der Waals surface area contributed by atoms with Gasteiger partial charge in [-0.3, -0.25) is 9.59 Å². The fraction of sp³-hybridized carbons (Fsp3) is 0.857. The van der Waals surface area contributed by atoms with Gasteiger partial charge in [0, 0.05) is 10.8 Å². The monoisotopic (exact) mass is 220 g/mol. The van der Waals surface area contributed by atoms with Gasteiger partial charge in [-0.2, -0.15) is 0 Å². The fourth-order valence-electron chi connectivity index (χ4n) is 5.09. The Labute approximate surface area is 96.8 Å². The minimum Gasteiger partial charge on any atom is -0.299 e. The summed E-state index contributed by atoms with van der Waals surface area (Å²) >= 11 is 0. The SMILES string of the molecule is CC(=O)C12CC3CC(C1)CC(C(C)=O)(C3)C2. The number of ketones is 2. The zero-order chi connectivity index (χ0) is 11.6. The third kappa shape index (κ3) is 1.19. The summed E-state index contributed by atoms with van der Waals surface area (Å²) in [5.41, 5.74) is -0.231. The molecule has 0 aliphatic heterocycles. The van der Waals surface area contributed by atoms with Crippen molar-refractivity contribution in [2.45, 2.75) is 52.4 Å². The molecule has 2 nitrogen and oxygen atoms in total. The topological polar surface area (TPSA) is 34.1 Å². The highest BCUT2D eigenvalue weighted by molar-refractivity contribution is 5.87. The van der Waals surface area contributed by atoms with Gasteiger partial charge < -0.3 is 0 Å². The summed E-state index contributed by atoms with van der Waals surface area (Å²) < 4.78 is 0. The van der Waals surface area contributed by atoms with Crippen molar-refractivity contribution in [2.24, 2.45) is 22.7 Å². The molecule has 0 aromatic heterocycles. The summed E-state index contributed by atoms with van der Waals surface area (Å²) in [6, 6.07) is 0. The van der Waals surface area contributed by atoms with Crippen molar-refractivity contribution in [3.63, 3.8) is 0 Å². The molecule has 0 amide bonds. The van der Waals surface area contributed by atoms with Gasteiger partial charge in [-0.25, -0.2) is 0 Å². The van der Waals surface area contributed by atoms with E-state index < -0.39 is 0 Å². The molecular weight excluding hydrogens is 200 g/mol. The number of rotatable bonds is 2. The van der Waals surface area contributed by atoms with Gasteiger partial charge in [0.1, 0.15) is 11.6 Å². The fourth-order valence-corrected chi connectivity index (χ4v) is 5.09. The molecule has 0 aromatic rings. The molecule has 0 N–H and O–H groups in total. The summed E-state index contributed by atoms with van der Waals surface area (Å²) in [5, 5.41) is 0. The second-order valence-corrected chi connectivity index (χ2v) is 6.63. The Morgan fingerprint density at radius 1 is 0.875 bits per heavy atom. The van der Waals surface area contributed by atoms with Crippen LogP contribution in [0.5, 0.6) is 0 Å². The van der Waals surface area contributed by atoms with Crippen LogP contribution in [0.3, 0.4) is 0 Å². The average Bonchev–Trinajstić information content (AvgIpc) is 2.14. The van der Waals surface area contributed by atoms with Crippen molar-refractivity contribution in [1.82, 2.24) is 0 Å². The highest BCUT2D eigenvalue weighted by Crippen LogP contribution is 2.65. The van der Waals surface area contributed by atoms with Gasteiger partial charge in [0.2, 0.25) is 0 Å². The molecule has 4 rings (SSSR count). The molecule has 0 saturated heterocycles. The Morgan fingerprint density at radius 3 is 1.56 bits per heavy atom. The van der Waals surface area contributed by atoms with Gasteiger partial charge in [-0.15, -0.1) is 0 Å². The molecule has 0 aromatic carbocycles. The second kappa shape index (κ2) is 2.96. The molecule has 0 heterocycles. The van der Waals surface area contributed by atoms with Crippen LogP contribution in [0.1, 0.15) is 52.4 Å². The summed E-state index contributed by atoms with van der Waals surface area (Å²) in [7, 11) is 0. The van der Waals surface area contributed by atoms with Crippen LogP contribution < -0.4 is 0 Å². The molecule has 0 radical (unpaired) electrons. The lowest BCUT2D eigenvalue weighted by Gasteiger charge is -2.60. The highest BCUT2D eigenvalue weighted by Gasteiger charge is 2.60. The molecule has 0 unspecified atom stereocenters. The van der Waals surface area contributed by atoms with Gasteiger partial charge in [-0.05, 0) is 64.2 Å². The molecule has 88 valence electrons. The van der Waals surface area contributed by atoms with Gasteiger partial charge in [-0.1, -0.05) is 0 Å². The molecule has 4 aliphatic carbocycles. The number of hydrogen-bond donors (Lipinski definition) is 0. The summed E-state index contributed by atoms with van der Waals surface area (Å²) in [5.74, 6) is 1.97. The van der Waals surface area contributed by atoms with Gasteiger partial charge in [0.05, 0.1) is 0 Å². The molecule has 0 spiro atoms. The molecule has 4 bridgehead atoms. The van der Waals surface area contributed by atoms with Crippen LogP contribution in [0.4, 0.5) is 0 Å². The molecule has 4 fully saturated rings. The van der Waals surface area contributed by atoms with E-state index in [9.17, 15) is 9.59 Å². The zero-order valence-electron chi connectivity index (χ0n) is 10.2. The quantitative estimate of drug-likeness (QED) is 0.717. The Hall–Kier alpha value is -0.660. The van der Waals surface area contributed by atoms with Gasteiger partial charge in [0.15, 0.2) is 0 Å². The van der Waals surface area contributed by atoms with E-state index in [0.29, 0.717) is 23.4 Å². The predicted octanol–water partition coefficient (Wildman–Crippen LogP) is 2.75. The highest BCUT2D eigenvalue weighted by atomic mass is 16.1. The van der Waals surface area contributed by atoms with E-state index >= 15 is 0 Å². The van der Waals surface area contributed by atoms with Crippen molar-refractivity contribution in [2.75, 3.05) is 0 Å². The number of carbonyl (C=O) groups is 2. The smallest absolute Gasteiger partial charge is 0.136 e. The number of carbonyl (C=O) groups excluding carboxylic acids is 2. The Morgan fingerprint density at radius 2 is 1.25 bits per heavy atom. The van der Waals surface area contributed by atoms with Crippen LogP contribution in [-0.4, -0.2) is 11.6 Å². The Balaban J connectivity index is 2.03. The van der Waals surface area contributed by atoms with Crippen LogP contribution >= 0.6 is 0 Å². The zero-order valence-corrected chi connectivity index (χ0v) is 10.2. The van der Waals surface area contributed by atoms with Crippen LogP contribution in [0, 0.1) is 22.7 Å². The molecule has 2 heteroatoms. The number of hydrogen-bond acceptors (Lipinski definition) is 2. The van der Waals surface area contributed by atoms with E-state index in [0.717, 1.165) is 32.1 Å². The summed E-state index contributed by atoms with van der Waals surface area (Å²) in [6.45, 7) is 3.47. The van der Waals surface area contributed by atoms with Gasteiger partial charge in [0.25, 0.3) is 0 Å². The predicted molar refractivity (Wildman–Crippen MR) is 60.9 cm³/mol. The minimum atomic E-state index is -0.115. The van der Waals surface area contributed by atoms with E-state index in [4.69, 9.17) is 0 Å². The van der Waals surface area contributed by atoms with Crippen molar-refractivity contribution in [3.8, 4) is 0 Å². The average molecular weight is 220 g/mol. The first-order chi connectivity index (χ1) is 7.46. The Bertz CT molecular complexity index is 323. The maximum Gasteiger partial charge on any atom is 0.136 e. The lowest BCUT2D eigenvalue weighted by molar-refractivity contribution is -0.162. The van der Waals surface area contributed by atoms with Crippen molar-refractivity contribution in [3.05, 3.63) is 0 Å². The van der Waals surface area contributed by atoms with Crippen molar-refractivity contribution >= 4 is 11.6 Å². The van der Waals surface area contributed by atoms with Crippen LogP contribution in [0.2, 0.25) is 0 Å². The van der Waals surface area contributed by atoms with Crippen LogP contribution in [0.15, 0.2) is 0 Å². The van der Waals surface area contributed by atoms with Crippen molar-refractivity contribution < 1.29 is 9.59 Å². The second-order valence-electron chi connectivity index (χ2n) is 6.63. The van der Waals surface area contributed by atoms with Crippen LogP contribution in [-0.2, 0) is 9.59 Å². The maximum atomic E-state index is 12.0. The van der Waals surface area contributed by atoms with Crippen LogP contribution in [0.25, 0.3) is 0 Å². The van der Waals surface area contributed by atoms with Crippen molar-refractivity contribution in [1.29, 1.82) is 0 Å². The lowest BCUT2D eigenvalue weighted by Crippen LogP contribution is -2.56. The first-order valence-electron chi connectivity index (χ1n) is 6.48. The first-order valence-corrected chi connectivity index (χ1v) is 6.48. The molecule has 16 heavy (non-hydrogen) atoms. The van der Waals surface area contributed by atoms with Gasteiger partial charge >= 0.3 is 0 Å². The molecular formula is C14H20O2.